The van der Waals surface area contributed by atoms with Crippen LogP contribution in [0.5, 0.6) is 0 Å². The van der Waals surface area contributed by atoms with Crippen molar-refractivity contribution in [1.29, 1.82) is 0 Å². The van der Waals surface area contributed by atoms with Crippen molar-refractivity contribution in [3.05, 3.63) is 12.1 Å². The van der Waals surface area contributed by atoms with Gasteiger partial charge in [0.25, 0.3) is 0 Å². The predicted octanol–water partition coefficient (Wildman–Crippen LogP) is 11.3. The van der Waals surface area contributed by atoms with Gasteiger partial charge in [0.15, 0.2) is 0 Å². The molecule has 0 bridgehead atoms. The highest BCUT2D eigenvalue weighted by Crippen LogP contribution is 2.42. The highest BCUT2D eigenvalue weighted by Gasteiger charge is 2.24. The Morgan fingerprint density at radius 1 is 0.286 bits per heavy atom. The van der Waals surface area contributed by atoms with Crippen molar-refractivity contribution in [1.82, 2.24) is 0 Å². The van der Waals surface area contributed by atoms with E-state index in [9.17, 15) is 0 Å². The van der Waals surface area contributed by atoms with Gasteiger partial charge in [0, 0.05) is 52.4 Å². The van der Waals surface area contributed by atoms with Gasteiger partial charge in [-0.15, -0.1) is 0 Å². The van der Waals surface area contributed by atoms with E-state index in [0.29, 0.717) is 0 Å². The number of hydrogen-bond acceptors (Lipinski definition) is 4. The van der Waals surface area contributed by atoms with Crippen molar-refractivity contribution >= 4 is 22.7 Å². The standard InChI is InChI=1S/C38H74N4/c1-9-17-25-39(26-18-10-2)35-33-37(41(29-21-13-5)30-22-14-6)38(42(31-23-15-7)32-24-16-8)34-36(35)40(27-19-11-3)28-20-12-4/h33-34H,9-32H2,1-8H3. The van der Waals surface area contributed by atoms with Crippen molar-refractivity contribution in [2.45, 2.75) is 158 Å². The molecule has 4 nitrogen and oxygen atoms in total. The van der Waals surface area contributed by atoms with E-state index in [2.05, 4.69) is 87.1 Å². The molecule has 0 fully saturated rings. The molecular formula is C38H74N4. The molecule has 0 radical (unpaired) electrons. The SMILES string of the molecule is CCCCN(CCCC)c1cc(N(CCCC)CCCC)c(N(CCCC)CCCC)cc1N(CCCC)CCCC. The Hall–Kier alpha value is -1.58. The zero-order chi connectivity index (χ0) is 31.0. The quantitative estimate of drug-likeness (QED) is 0.0968. The first kappa shape index (κ1) is 38.4. The third kappa shape index (κ3) is 13.8. The summed E-state index contributed by atoms with van der Waals surface area (Å²) in [5, 5.41) is 0. The molecule has 0 heterocycles. The van der Waals surface area contributed by atoms with Gasteiger partial charge in [0.2, 0.25) is 0 Å². The van der Waals surface area contributed by atoms with Gasteiger partial charge in [-0.25, -0.2) is 0 Å². The van der Waals surface area contributed by atoms with E-state index in [1.54, 1.807) is 0 Å². The summed E-state index contributed by atoms with van der Waals surface area (Å²) in [5.74, 6) is 0. The van der Waals surface area contributed by atoms with Gasteiger partial charge in [0.05, 0.1) is 22.7 Å². The van der Waals surface area contributed by atoms with Crippen LogP contribution in [0, 0.1) is 0 Å². The Balaban J connectivity index is 4.02. The Kier molecular flexibility index (Phi) is 22.7. The molecule has 4 heteroatoms. The number of nitrogens with zero attached hydrogens (tertiary/aromatic N) is 4. The molecule has 0 atom stereocenters. The maximum Gasteiger partial charge on any atom is 0.0626 e. The van der Waals surface area contributed by atoms with Gasteiger partial charge in [0.1, 0.15) is 0 Å². The molecule has 0 unspecified atom stereocenters. The van der Waals surface area contributed by atoms with Gasteiger partial charge in [-0.1, -0.05) is 107 Å². The Bertz CT molecular complexity index is 609. The molecule has 1 aromatic carbocycles. The normalized spacial score (nSPS) is 11.2. The first-order valence-electron chi connectivity index (χ1n) is 18.7. The molecule has 0 aliphatic heterocycles. The lowest BCUT2D eigenvalue weighted by Crippen LogP contribution is -2.35. The van der Waals surface area contributed by atoms with E-state index in [-0.39, 0.29) is 0 Å². The minimum absolute atomic E-state index is 1.16. The van der Waals surface area contributed by atoms with Gasteiger partial charge < -0.3 is 19.6 Å². The number of benzene rings is 1. The van der Waals surface area contributed by atoms with Crippen LogP contribution in [0.25, 0.3) is 0 Å². The number of rotatable bonds is 28. The first-order chi connectivity index (χ1) is 20.6. The zero-order valence-corrected chi connectivity index (χ0v) is 29.9. The fourth-order valence-corrected chi connectivity index (χ4v) is 5.77. The average Bonchev–Trinajstić information content (AvgIpc) is 3.01. The maximum absolute atomic E-state index is 2.78. The van der Waals surface area contributed by atoms with Gasteiger partial charge in [-0.3, -0.25) is 0 Å². The molecule has 0 aliphatic carbocycles. The Morgan fingerprint density at radius 3 is 0.548 bits per heavy atom. The molecule has 1 rings (SSSR count). The summed E-state index contributed by atoms with van der Waals surface area (Å²) in [4.78, 5) is 11.1. The minimum atomic E-state index is 1.16. The summed E-state index contributed by atoms with van der Waals surface area (Å²) in [6.45, 7) is 28.1. The van der Waals surface area contributed by atoms with Crippen LogP contribution >= 0.6 is 0 Å². The molecule has 1 aromatic rings. The van der Waals surface area contributed by atoms with E-state index >= 15 is 0 Å². The lowest BCUT2D eigenvalue weighted by molar-refractivity contribution is 0.653. The molecular weight excluding hydrogens is 512 g/mol. The molecule has 0 saturated heterocycles. The second-order valence-corrected chi connectivity index (χ2v) is 12.6. The second-order valence-electron chi connectivity index (χ2n) is 12.6. The predicted molar refractivity (Wildman–Crippen MR) is 195 cm³/mol. The summed E-state index contributed by atoms with van der Waals surface area (Å²) < 4.78 is 0. The summed E-state index contributed by atoms with van der Waals surface area (Å²) in [6.07, 6.45) is 20.1. The van der Waals surface area contributed by atoms with Gasteiger partial charge in [-0.05, 0) is 63.5 Å². The molecule has 246 valence electrons. The summed E-state index contributed by atoms with van der Waals surface area (Å²) in [7, 11) is 0. The monoisotopic (exact) mass is 587 g/mol. The van der Waals surface area contributed by atoms with Crippen LogP contribution in [-0.4, -0.2) is 52.4 Å². The zero-order valence-electron chi connectivity index (χ0n) is 29.9. The average molecular weight is 587 g/mol. The molecule has 0 spiro atoms. The van der Waals surface area contributed by atoms with Crippen LogP contribution in [-0.2, 0) is 0 Å². The smallest absolute Gasteiger partial charge is 0.0626 e. The number of anilines is 4. The number of hydrogen-bond donors (Lipinski definition) is 0. The van der Waals surface area contributed by atoms with Crippen LogP contribution in [0.3, 0.4) is 0 Å². The Morgan fingerprint density at radius 2 is 0.429 bits per heavy atom. The first-order valence-corrected chi connectivity index (χ1v) is 18.7. The van der Waals surface area contributed by atoms with Crippen LogP contribution in [0.1, 0.15) is 158 Å². The lowest BCUT2D eigenvalue weighted by atomic mass is 10.1. The van der Waals surface area contributed by atoms with Gasteiger partial charge >= 0.3 is 0 Å². The van der Waals surface area contributed by atoms with Crippen molar-refractivity contribution < 1.29 is 0 Å². The van der Waals surface area contributed by atoms with Crippen molar-refractivity contribution in [2.24, 2.45) is 0 Å². The minimum Gasteiger partial charge on any atom is -0.370 e. The lowest BCUT2D eigenvalue weighted by Gasteiger charge is -2.38. The molecule has 0 aromatic heterocycles. The van der Waals surface area contributed by atoms with Crippen LogP contribution in [0.2, 0.25) is 0 Å². The van der Waals surface area contributed by atoms with E-state index in [1.807, 2.05) is 0 Å². The van der Waals surface area contributed by atoms with Crippen LogP contribution in [0.15, 0.2) is 12.1 Å². The van der Waals surface area contributed by atoms with Gasteiger partial charge in [-0.2, -0.15) is 0 Å². The van der Waals surface area contributed by atoms with E-state index in [4.69, 9.17) is 0 Å². The summed E-state index contributed by atoms with van der Waals surface area (Å²) >= 11 is 0. The van der Waals surface area contributed by atoms with Crippen LogP contribution in [0.4, 0.5) is 22.7 Å². The summed E-state index contributed by atoms with van der Waals surface area (Å²) in [6, 6.07) is 5.36. The third-order valence-corrected chi connectivity index (χ3v) is 8.69. The van der Waals surface area contributed by atoms with E-state index < -0.39 is 0 Å². The van der Waals surface area contributed by atoms with E-state index in [0.717, 1.165) is 52.4 Å². The molecule has 0 N–H and O–H groups in total. The molecule has 0 amide bonds. The topological polar surface area (TPSA) is 13.0 Å². The molecule has 0 aliphatic rings. The highest BCUT2D eigenvalue weighted by atomic mass is 15.2. The second kappa shape index (κ2) is 24.8. The van der Waals surface area contributed by atoms with Crippen LogP contribution < -0.4 is 19.6 Å². The molecule has 0 saturated carbocycles. The van der Waals surface area contributed by atoms with Crippen molar-refractivity contribution in [3.63, 3.8) is 0 Å². The highest BCUT2D eigenvalue weighted by molar-refractivity contribution is 5.86. The largest absolute Gasteiger partial charge is 0.370 e. The van der Waals surface area contributed by atoms with Crippen molar-refractivity contribution in [2.75, 3.05) is 72.0 Å². The van der Waals surface area contributed by atoms with Crippen molar-refractivity contribution in [3.8, 4) is 0 Å². The molecule has 42 heavy (non-hydrogen) atoms. The van der Waals surface area contributed by atoms with E-state index in [1.165, 1.54) is 125 Å². The summed E-state index contributed by atoms with van der Waals surface area (Å²) in [5.41, 5.74) is 6.03. The fraction of sp³-hybridized carbons (Fsp3) is 0.842. The number of unbranched alkanes of at least 4 members (excludes halogenated alkanes) is 8. The fourth-order valence-electron chi connectivity index (χ4n) is 5.77. The maximum atomic E-state index is 2.78. The third-order valence-electron chi connectivity index (χ3n) is 8.69. The Labute approximate surface area is 264 Å².